The number of hydrogen-bond acceptors (Lipinski definition) is 3. The highest BCUT2D eigenvalue weighted by atomic mass is 16.3. The number of aliphatic hydroxyl groups is 1. The van der Waals surface area contributed by atoms with Gasteiger partial charge in [0.2, 0.25) is 5.91 Å². The van der Waals surface area contributed by atoms with Crippen LogP contribution in [-0.4, -0.2) is 40.4 Å². The Bertz CT molecular complexity index is 251. The average Bonchev–Trinajstić information content (AvgIpc) is 2.51. The number of nitrogens with zero attached hydrogens (tertiary/aromatic N) is 1. The standard InChI is InChI=1S/C8H11NO3/c10-5-8-2-1-7(12)9(8)4-6(11)3-8/h10H,1-5H2. The number of hydrogen-bond donors (Lipinski definition) is 1. The number of carbonyl (C=O) groups is 2. The minimum absolute atomic E-state index is 0.00917. The Hall–Kier alpha value is -0.900. The minimum Gasteiger partial charge on any atom is -0.394 e. The maximum atomic E-state index is 11.2. The molecule has 4 nitrogen and oxygen atoms in total. The number of Topliss-reactive ketones (excluding diaryl/α,β-unsaturated/α-hetero) is 1. The molecule has 4 heteroatoms. The fraction of sp³-hybridized carbons (Fsp3) is 0.750. The molecular formula is C8H11NO3. The van der Waals surface area contributed by atoms with Gasteiger partial charge < -0.3 is 10.0 Å². The molecular weight excluding hydrogens is 158 g/mol. The summed E-state index contributed by atoms with van der Waals surface area (Å²) in [4.78, 5) is 23.8. The molecule has 0 spiro atoms. The van der Waals surface area contributed by atoms with Gasteiger partial charge in [-0.3, -0.25) is 9.59 Å². The van der Waals surface area contributed by atoms with Crippen LogP contribution in [0.2, 0.25) is 0 Å². The van der Waals surface area contributed by atoms with Crippen molar-refractivity contribution in [3.63, 3.8) is 0 Å². The molecule has 0 aromatic heterocycles. The van der Waals surface area contributed by atoms with Gasteiger partial charge in [-0.2, -0.15) is 0 Å². The zero-order valence-corrected chi connectivity index (χ0v) is 6.75. The number of aliphatic hydroxyl groups excluding tert-OH is 1. The summed E-state index contributed by atoms with van der Waals surface area (Å²) in [5, 5.41) is 9.12. The number of amides is 1. The van der Waals surface area contributed by atoms with Crippen LogP contribution in [0.5, 0.6) is 0 Å². The number of carbonyl (C=O) groups excluding carboxylic acids is 2. The normalized spacial score (nSPS) is 34.6. The van der Waals surface area contributed by atoms with E-state index in [0.29, 0.717) is 19.3 Å². The Balaban J connectivity index is 2.30. The lowest BCUT2D eigenvalue weighted by molar-refractivity contribution is -0.131. The van der Waals surface area contributed by atoms with Crippen molar-refractivity contribution in [3.8, 4) is 0 Å². The molecule has 2 rings (SSSR count). The summed E-state index contributed by atoms with van der Waals surface area (Å²) in [6.45, 7) is 0.129. The molecule has 0 aliphatic carbocycles. The summed E-state index contributed by atoms with van der Waals surface area (Å²) >= 11 is 0. The van der Waals surface area contributed by atoms with Gasteiger partial charge in [-0.15, -0.1) is 0 Å². The summed E-state index contributed by atoms with van der Waals surface area (Å²) in [5.41, 5.74) is -0.520. The van der Waals surface area contributed by atoms with Crippen molar-refractivity contribution in [1.29, 1.82) is 0 Å². The molecule has 2 aliphatic rings. The molecule has 66 valence electrons. The van der Waals surface area contributed by atoms with Crippen LogP contribution in [0.1, 0.15) is 19.3 Å². The molecule has 0 aromatic carbocycles. The van der Waals surface area contributed by atoms with E-state index in [1.165, 1.54) is 4.90 Å². The number of ketones is 1. The Kier molecular flexibility index (Phi) is 1.48. The fourth-order valence-corrected chi connectivity index (χ4v) is 2.13. The third kappa shape index (κ3) is 0.813. The molecule has 1 atom stereocenters. The van der Waals surface area contributed by atoms with Crippen molar-refractivity contribution in [2.24, 2.45) is 0 Å². The molecule has 1 amide bonds. The molecule has 2 aliphatic heterocycles. The van der Waals surface area contributed by atoms with Crippen LogP contribution in [0.4, 0.5) is 0 Å². The van der Waals surface area contributed by atoms with Crippen molar-refractivity contribution in [2.45, 2.75) is 24.8 Å². The molecule has 12 heavy (non-hydrogen) atoms. The van der Waals surface area contributed by atoms with Crippen LogP contribution in [0.25, 0.3) is 0 Å². The van der Waals surface area contributed by atoms with Crippen LogP contribution in [-0.2, 0) is 9.59 Å². The average molecular weight is 169 g/mol. The minimum atomic E-state index is -0.520. The largest absolute Gasteiger partial charge is 0.394 e. The maximum Gasteiger partial charge on any atom is 0.223 e. The van der Waals surface area contributed by atoms with Gasteiger partial charge in [0.25, 0.3) is 0 Å². The fourth-order valence-electron chi connectivity index (χ4n) is 2.13. The molecule has 0 bridgehead atoms. The van der Waals surface area contributed by atoms with Gasteiger partial charge in [0, 0.05) is 12.8 Å². The highest BCUT2D eigenvalue weighted by Gasteiger charge is 2.51. The zero-order chi connectivity index (χ0) is 8.77. The lowest BCUT2D eigenvalue weighted by atomic mass is 9.95. The Labute approximate surface area is 70.2 Å². The van der Waals surface area contributed by atoms with E-state index in [9.17, 15) is 9.59 Å². The Morgan fingerprint density at radius 3 is 2.83 bits per heavy atom. The summed E-state index contributed by atoms with van der Waals surface area (Å²) in [5.74, 6) is 0.0759. The predicted octanol–water partition coefficient (Wildman–Crippen LogP) is -0.687. The molecule has 0 radical (unpaired) electrons. The summed E-state index contributed by atoms with van der Waals surface area (Å²) in [6.07, 6.45) is 1.46. The van der Waals surface area contributed by atoms with Crippen molar-refractivity contribution in [1.82, 2.24) is 4.90 Å². The van der Waals surface area contributed by atoms with E-state index >= 15 is 0 Å². The van der Waals surface area contributed by atoms with Crippen molar-refractivity contribution >= 4 is 11.7 Å². The van der Waals surface area contributed by atoms with Gasteiger partial charge in [-0.1, -0.05) is 0 Å². The SMILES string of the molecule is O=C1CN2C(=O)CCC2(CO)C1. The van der Waals surface area contributed by atoms with E-state index in [0.717, 1.165) is 0 Å². The maximum absolute atomic E-state index is 11.2. The highest BCUT2D eigenvalue weighted by molar-refractivity contribution is 5.93. The van der Waals surface area contributed by atoms with Crippen molar-refractivity contribution in [2.75, 3.05) is 13.2 Å². The van der Waals surface area contributed by atoms with Gasteiger partial charge in [0.1, 0.15) is 0 Å². The first kappa shape index (κ1) is 7.73. The lowest BCUT2D eigenvalue weighted by Crippen LogP contribution is -2.43. The van der Waals surface area contributed by atoms with Gasteiger partial charge in [-0.05, 0) is 6.42 Å². The zero-order valence-electron chi connectivity index (χ0n) is 6.75. The smallest absolute Gasteiger partial charge is 0.223 e. The van der Waals surface area contributed by atoms with Crippen LogP contribution in [0, 0.1) is 0 Å². The third-order valence-electron chi connectivity index (χ3n) is 2.83. The van der Waals surface area contributed by atoms with Crippen LogP contribution < -0.4 is 0 Å². The lowest BCUT2D eigenvalue weighted by Gasteiger charge is -2.28. The second-order valence-electron chi connectivity index (χ2n) is 3.58. The monoisotopic (exact) mass is 169 g/mol. The van der Waals surface area contributed by atoms with Gasteiger partial charge in [0.05, 0.1) is 18.7 Å². The van der Waals surface area contributed by atoms with E-state index < -0.39 is 5.54 Å². The molecule has 1 N–H and O–H groups in total. The first-order valence-electron chi connectivity index (χ1n) is 4.11. The molecule has 2 heterocycles. The second-order valence-corrected chi connectivity index (χ2v) is 3.58. The molecule has 2 saturated heterocycles. The number of fused-ring (bicyclic) bond motifs is 1. The second kappa shape index (κ2) is 2.29. The summed E-state index contributed by atoms with van der Waals surface area (Å²) in [6, 6.07) is 0. The van der Waals surface area contributed by atoms with Crippen LogP contribution in [0.3, 0.4) is 0 Å². The highest BCUT2D eigenvalue weighted by Crippen LogP contribution is 2.37. The van der Waals surface area contributed by atoms with Gasteiger partial charge in [-0.25, -0.2) is 0 Å². The molecule has 0 saturated carbocycles. The van der Waals surface area contributed by atoms with Crippen LogP contribution >= 0.6 is 0 Å². The number of rotatable bonds is 1. The summed E-state index contributed by atoms with van der Waals surface area (Å²) < 4.78 is 0. The Morgan fingerprint density at radius 2 is 2.25 bits per heavy atom. The quantitative estimate of drug-likeness (QED) is 0.565. The summed E-state index contributed by atoms with van der Waals surface area (Å²) in [7, 11) is 0. The molecule has 0 aromatic rings. The van der Waals surface area contributed by atoms with Crippen molar-refractivity contribution < 1.29 is 14.7 Å². The van der Waals surface area contributed by atoms with E-state index in [-0.39, 0.29) is 24.8 Å². The molecule has 2 fully saturated rings. The van der Waals surface area contributed by atoms with E-state index in [1.54, 1.807) is 0 Å². The van der Waals surface area contributed by atoms with Gasteiger partial charge >= 0.3 is 0 Å². The predicted molar refractivity (Wildman–Crippen MR) is 40.4 cm³/mol. The molecule has 1 unspecified atom stereocenters. The van der Waals surface area contributed by atoms with Crippen molar-refractivity contribution in [3.05, 3.63) is 0 Å². The Morgan fingerprint density at radius 1 is 1.50 bits per heavy atom. The van der Waals surface area contributed by atoms with E-state index in [1.807, 2.05) is 0 Å². The first-order valence-corrected chi connectivity index (χ1v) is 4.11. The third-order valence-corrected chi connectivity index (χ3v) is 2.83. The van der Waals surface area contributed by atoms with E-state index in [4.69, 9.17) is 5.11 Å². The van der Waals surface area contributed by atoms with Gasteiger partial charge in [0.15, 0.2) is 5.78 Å². The topological polar surface area (TPSA) is 57.6 Å². The van der Waals surface area contributed by atoms with E-state index in [2.05, 4.69) is 0 Å². The van der Waals surface area contributed by atoms with Crippen LogP contribution in [0.15, 0.2) is 0 Å². The first-order chi connectivity index (χ1) is 5.68.